The minimum atomic E-state index is -2.87. The Morgan fingerprint density at radius 2 is 0.765 bits per heavy atom. The zero-order valence-electron chi connectivity index (χ0n) is 8.57. The Labute approximate surface area is 109 Å². The van der Waals surface area contributed by atoms with Crippen LogP contribution in [0.25, 0.3) is 0 Å². The Morgan fingerprint density at radius 3 is 0.824 bits per heavy atom. The standard InChI is InChI=1S/2C4H4N2.BrH.HO3P/c2*1-2-6-4-3-5-1;;1-4(2)3/h2*1-4H;1H;(H-,1,2,3)/p+1. The van der Waals surface area contributed by atoms with Crippen LogP contribution < -0.4 is 0 Å². The molecule has 2 rings (SSSR count). The quantitative estimate of drug-likeness (QED) is 0.700. The summed E-state index contributed by atoms with van der Waals surface area (Å²) in [5.41, 5.74) is 0. The van der Waals surface area contributed by atoms with Crippen LogP contribution in [0.3, 0.4) is 0 Å². The van der Waals surface area contributed by atoms with E-state index in [1.54, 1.807) is 49.6 Å². The van der Waals surface area contributed by atoms with E-state index in [4.69, 9.17) is 14.4 Å². The fourth-order valence-corrected chi connectivity index (χ4v) is 0.507. The Hall–Kier alpha value is -1.34. The van der Waals surface area contributed by atoms with Crippen LogP contribution in [0.1, 0.15) is 0 Å². The van der Waals surface area contributed by atoms with Crippen LogP contribution in [-0.4, -0.2) is 29.7 Å². The molecule has 2 aromatic heterocycles. The van der Waals surface area contributed by atoms with Crippen molar-refractivity contribution >= 4 is 25.2 Å². The zero-order valence-corrected chi connectivity index (χ0v) is 11.2. The molecule has 0 amide bonds. The van der Waals surface area contributed by atoms with Gasteiger partial charge in [0, 0.05) is 54.1 Å². The van der Waals surface area contributed by atoms with Crippen molar-refractivity contribution in [1.29, 1.82) is 0 Å². The van der Waals surface area contributed by atoms with Crippen molar-refractivity contribution in [3.63, 3.8) is 0 Å². The van der Waals surface area contributed by atoms with E-state index in [1.807, 2.05) is 0 Å². The number of rotatable bonds is 0. The summed E-state index contributed by atoms with van der Waals surface area (Å²) in [6.07, 6.45) is 13.1. The molecule has 9 heteroatoms. The van der Waals surface area contributed by atoms with Crippen LogP contribution in [0.2, 0.25) is 0 Å². The second-order valence-electron chi connectivity index (χ2n) is 2.04. The Balaban J connectivity index is 0. The molecular formula is C8H11BrN4O3P+. The minimum absolute atomic E-state index is 0. The lowest BCUT2D eigenvalue weighted by Crippen LogP contribution is -1.66. The van der Waals surface area contributed by atoms with E-state index in [9.17, 15) is 0 Å². The van der Waals surface area contributed by atoms with Crippen LogP contribution in [-0.2, 0) is 4.57 Å². The number of hydrogen-bond donors (Lipinski definition) is 2. The molecule has 92 valence electrons. The lowest BCUT2D eigenvalue weighted by molar-refractivity contribution is 0.405. The normalized spacial score (nSPS) is 7.18. The highest BCUT2D eigenvalue weighted by Gasteiger charge is 1.93. The Kier molecular flexibility index (Phi) is 15.6. The third kappa shape index (κ3) is 20.7. The van der Waals surface area contributed by atoms with Crippen molar-refractivity contribution in [3.8, 4) is 0 Å². The molecule has 7 nitrogen and oxygen atoms in total. The molecular weight excluding hydrogens is 311 g/mol. The highest BCUT2D eigenvalue weighted by Crippen LogP contribution is 1.98. The second-order valence-corrected chi connectivity index (χ2v) is 2.55. The van der Waals surface area contributed by atoms with Gasteiger partial charge in [-0.3, -0.25) is 19.9 Å². The molecule has 0 aliphatic heterocycles. The molecule has 2 N–H and O–H groups in total. The molecule has 0 aliphatic carbocycles. The Morgan fingerprint density at radius 1 is 0.647 bits per heavy atom. The summed E-state index contributed by atoms with van der Waals surface area (Å²) in [6.45, 7) is 0. The molecule has 0 atom stereocenters. The number of halogens is 1. The molecule has 2 heterocycles. The van der Waals surface area contributed by atoms with Gasteiger partial charge >= 0.3 is 8.25 Å². The summed E-state index contributed by atoms with van der Waals surface area (Å²) >= 11 is 0. The van der Waals surface area contributed by atoms with E-state index in [0.29, 0.717) is 0 Å². The van der Waals surface area contributed by atoms with E-state index in [-0.39, 0.29) is 17.0 Å². The molecule has 0 saturated carbocycles. The molecule has 0 aliphatic rings. The first kappa shape index (κ1) is 18.0. The van der Waals surface area contributed by atoms with E-state index in [2.05, 4.69) is 19.9 Å². The first-order chi connectivity index (χ1) is 7.73. The van der Waals surface area contributed by atoms with E-state index in [1.165, 1.54) is 0 Å². The van der Waals surface area contributed by atoms with E-state index >= 15 is 0 Å². The van der Waals surface area contributed by atoms with E-state index in [0.717, 1.165) is 0 Å². The third-order valence-corrected chi connectivity index (χ3v) is 0.955. The summed E-state index contributed by atoms with van der Waals surface area (Å²) < 4.78 is 8.70. The summed E-state index contributed by atoms with van der Waals surface area (Å²) in [5.74, 6) is 0. The average molecular weight is 322 g/mol. The first-order valence-electron chi connectivity index (χ1n) is 3.98. The van der Waals surface area contributed by atoms with Crippen LogP contribution in [0.4, 0.5) is 0 Å². The fraction of sp³-hybridized carbons (Fsp3) is 0. The monoisotopic (exact) mass is 321 g/mol. The highest BCUT2D eigenvalue weighted by molar-refractivity contribution is 8.93. The summed E-state index contributed by atoms with van der Waals surface area (Å²) in [6, 6.07) is 0. The third-order valence-electron chi connectivity index (χ3n) is 0.955. The van der Waals surface area contributed by atoms with Gasteiger partial charge in [0.25, 0.3) is 0 Å². The van der Waals surface area contributed by atoms with Gasteiger partial charge in [0.05, 0.1) is 0 Å². The van der Waals surface area contributed by atoms with Crippen molar-refractivity contribution in [3.05, 3.63) is 49.6 Å². The molecule has 0 radical (unpaired) electrons. The van der Waals surface area contributed by atoms with Crippen molar-refractivity contribution in [1.82, 2.24) is 19.9 Å². The first-order valence-corrected chi connectivity index (χ1v) is 5.15. The van der Waals surface area contributed by atoms with Gasteiger partial charge in [-0.2, -0.15) is 0 Å². The second kappa shape index (κ2) is 14.7. The topological polar surface area (TPSA) is 109 Å². The largest absolute Gasteiger partial charge is 0.692 e. The van der Waals surface area contributed by atoms with Gasteiger partial charge in [-0.15, -0.1) is 26.8 Å². The van der Waals surface area contributed by atoms with Crippen LogP contribution >= 0.6 is 25.2 Å². The van der Waals surface area contributed by atoms with Gasteiger partial charge in [0.1, 0.15) is 0 Å². The highest BCUT2D eigenvalue weighted by atomic mass is 79.9. The number of aromatic nitrogens is 4. The van der Waals surface area contributed by atoms with Gasteiger partial charge in [0.15, 0.2) is 0 Å². The van der Waals surface area contributed by atoms with Crippen molar-refractivity contribution in [2.75, 3.05) is 0 Å². The lowest BCUT2D eigenvalue weighted by atomic mass is 10.8. The molecule has 0 saturated heterocycles. The summed E-state index contributed by atoms with van der Waals surface area (Å²) in [5, 5.41) is 0. The smallest absolute Gasteiger partial charge is 0.262 e. The average Bonchev–Trinajstić information content (AvgIpc) is 2.34. The van der Waals surface area contributed by atoms with Gasteiger partial charge in [-0.25, -0.2) is 0 Å². The van der Waals surface area contributed by atoms with Crippen molar-refractivity contribution in [2.45, 2.75) is 0 Å². The molecule has 0 bridgehead atoms. The molecule has 0 spiro atoms. The molecule has 2 aromatic rings. The van der Waals surface area contributed by atoms with Gasteiger partial charge in [-0.05, 0) is 0 Å². The summed E-state index contributed by atoms with van der Waals surface area (Å²) in [4.78, 5) is 29.1. The van der Waals surface area contributed by atoms with E-state index < -0.39 is 8.25 Å². The predicted molar refractivity (Wildman–Crippen MR) is 66.4 cm³/mol. The van der Waals surface area contributed by atoms with Crippen LogP contribution in [0.15, 0.2) is 49.6 Å². The van der Waals surface area contributed by atoms with Crippen LogP contribution in [0, 0.1) is 0 Å². The van der Waals surface area contributed by atoms with Gasteiger partial charge < -0.3 is 0 Å². The lowest BCUT2D eigenvalue weighted by Gasteiger charge is -1.70. The maximum absolute atomic E-state index is 8.70. The molecule has 0 unspecified atom stereocenters. The minimum Gasteiger partial charge on any atom is -0.262 e. The molecule has 17 heavy (non-hydrogen) atoms. The number of nitrogens with zero attached hydrogens (tertiary/aromatic N) is 4. The molecule has 0 fully saturated rings. The van der Waals surface area contributed by atoms with Crippen molar-refractivity contribution < 1.29 is 14.4 Å². The zero-order chi connectivity index (χ0) is 12.1. The van der Waals surface area contributed by atoms with Gasteiger partial charge in [0.2, 0.25) is 0 Å². The summed E-state index contributed by atoms with van der Waals surface area (Å²) in [7, 11) is -2.87. The fourth-order valence-electron chi connectivity index (χ4n) is 0.507. The van der Waals surface area contributed by atoms with Crippen LogP contribution in [0.5, 0.6) is 0 Å². The van der Waals surface area contributed by atoms with Gasteiger partial charge in [-0.1, -0.05) is 0 Å². The predicted octanol–water partition coefficient (Wildman–Crippen LogP) is 1.16. The Bertz CT molecular complexity index is 279. The van der Waals surface area contributed by atoms with Crippen molar-refractivity contribution in [2.24, 2.45) is 0 Å². The SMILES string of the molecule is Br.O=[P+](O)O.c1cnccn1.c1cnccn1. The molecule has 0 aromatic carbocycles. The number of hydrogen-bond acceptors (Lipinski definition) is 5. The maximum Gasteiger partial charge on any atom is 0.692 e. The maximum atomic E-state index is 8.70.